The van der Waals surface area contributed by atoms with Crippen LogP contribution in [-0.4, -0.2) is 5.78 Å². The Morgan fingerprint density at radius 1 is 1.05 bits per heavy atom. The third-order valence-corrected chi connectivity index (χ3v) is 5.19. The van der Waals surface area contributed by atoms with E-state index in [0.717, 1.165) is 24.7 Å². The Morgan fingerprint density at radius 2 is 1.84 bits per heavy atom. The average molecular weight is 256 g/mol. The highest BCUT2D eigenvalue weighted by Gasteiger charge is 2.23. The van der Waals surface area contributed by atoms with Gasteiger partial charge in [0.15, 0.2) is 0 Å². The van der Waals surface area contributed by atoms with E-state index in [0.29, 0.717) is 12.2 Å². The number of carbonyl (C=O) groups excluding carboxylic acids is 1. The van der Waals surface area contributed by atoms with E-state index >= 15 is 0 Å². The molecule has 0 heterocycles. The number of ketones is 1. The van der Waals surface area contributed by atoms with E-state index in [2.05, 4.69) is 25.1 Å². The third kappa shape index (κ3) is 2.75. The Balaban J connectivity index is 1.74. The summed E-state index contributed by atoms with van der Waals surface area (Å²) in [5, 5.41) is 0. The molecule has 0 spiro atoms. The van der Waals surface area contributed by atoms with Crippen molar-refractivity contribution in [2.45, 2.75) is 64.2 Å². The highest BCUT2D eigenvalue weighted by atomic mass is 16.1. The molecule has 0 radical (unpaired) electrons. The molecule has 0 N–H and O–H groups in total. The first-order valence-electron chi connectivity index (χ1n) is 7.89. The molecule has 1 aromatic rings. The van der Waals surface area contributed by atoms with Gasteiger partial charge in [-0.1, -0.05) is 31.5 Å². The third-order valence-electron chi connectivity index (χ3n) is 5.19. The Morgan fingerprint density at radius 3 is 2.58 bits per heavy atom. The van der Waals surface area contributed by atoms with Crippen molar-refractivity contribution in [1.82, 2.24) is 0 Å². The minimum Gasteiger partial charge on any atom is -0.299 e. The van der Waals surface area contributed by atoms with Gasteiger partial charge in [0.1, 0.15) is 5.78 Å². The van der Waals surface area contributed by atoms with Crippen molar-refractivity contribution in [2.24, 2.45) is 5.92 Å². The summed E-state index contributed by atoms with van der Waals surface area (Å²) in [4.78, 5) is 11.5. The van der Waals surface area contributed by atoms with Crippen LogP contribution in [0.5, 0.6) is 0 Å². The molecule has 2 aliphatic rings. The zero-order valence-electron chi connectivity index (χ0n) is 12.0. The molecule has 1 saturated carbocycles. The van der Waals surface area contributed by atoms with Crippen molar-refractivity contribution in [3.8, 4) is 0 Å². The quantitative estimate of drug-likeness (QED) is 0.765. The van der Waals surface area contributed by atoms with Gasteiger partial charge in [-0.15, -0.1) is 0 Å². The largest absolute Gasteiger partial charge is 0.299 e. The van der Waals surface area contributed by atoms with Crippen LogP contribution in [0.15, 0.2) is 18.2 Å². The highest BCUT2D eigenvalue weighted by molar-refractivity contribution is 5.83. The van der Waals surface area contributed by atoms with E-state index in [1.165, 1.54) is 48.8 Å². The molecule has 1 aromatic carbocycles. The summed E-state index contributed by atoms with van der Waals surface area (Å²) in [7, 11) is 0. The fraction of sp³-hybridized carbons (Fsp3) is 0.611. The van der Waals surface area contributed by atoms with Crippen molar-refractivity contribution in [2.75, 3.05) is 0 Å². The molecule has 0 atom stereocenters. The molecule has 0 bridgehead atoms. The molecule has 0 saturated heterocycles. The Bertz CT molecular complexity index is 467. The van der Waals surface area contributed by atoms with Crippen LogP contribution in [0.3, 0.4) is 0 Å². The van der Waals surface area contributed by atoms with Gasteiger partial charge < -0.3 is 0 Å². The summed E-state index contributed by atoms with van der Waals surface area (Å²) in [6.07, 6.45) is 9.24. The van der Waals surface area contributed by atoms with Crippen LogP contribution in [0, 0.1) is 5.92 Å². The van der Waals surface area contributed by atoms with Crippen LogP contribution in [-0.2, 0) is 17.6 Å². The summed E-state index contributed by atoms with van der Waals surface area (Å²) >= 11 is 0. The van der Waals surface area contributed by atoms with Gasteiger partial charge in [0, 0.05) is 12.8 Å². The number of fused-ring (bicyclic) bond motifs is 1. The first kappa shape index (κ1) is 12.9. The van der Waals surface area contributed by atoms with E-state index < -0.39 is 0 Å². The van der Waals surface area contributed by atoms with E-state index in [4.69, 9.17) is 0 Å². The minimum atomic E-state index is 0.406. The molecule has 0 unspecified atom stereocenters. The van der Waals surface area contributed by atoms with E-state index in [1.807, 2.05) is 0 Å². The maximum absolute atomic E-state index is 11.5. The first-order valence-corrected chi connectivity index (χ1v) is 7.89. The number of hydrogen-bond acceptors (Lipinski definition) is 1. The first-order chi connectivity index (χ1) is 9.26. The van der Waals surface area contributed by atoms with Crippen LogP contribution < -0.4 is 0 Å². The summed E-state index contributed by atoms with van der Waals surface area (Å²) < 4.78 is 0. The molecule has 3 rings (SSSR count). The Kier molecular flexibility index (Phi) is 3.72. The van der Waals surface area contributed by atoms with Gasteiger partial charge in [-0.25, -0.2) is 0 Å². The normalized spacial score (nSPS) is 27.1. The number of benzene rings is 1. The maximum atomic E-state index is 11.5. The van der Waals surface area contributed by atoms with Crippen LogP contribution in [0.4, 0.5) is 0 Å². The Labute approximate surface area is 116 Å². The maximum Gasteiger partial charge on any atom is 0.137 e. The molecular weight excluding hydrogens is 232 g/mol. The monoisotopic (exact) mass is 256 g/mol. The molecule has 2 aliphatic carbocycles. The lowest BCUT2D eigenvalue weighted by Crippen LogP contribution is -2.16. The van der Waals surface area contributed by atoms with Gasteiger partial charge in [-0.3, -0.25) is 4.79 Å². The lowest BCUT2D eigenvalue weighted by atomic mass is 9.76. The lowest BCUT2D eigenvalue weighted by molar-refractivity contribution is -0.118. The molecule has 1 nitrogen and oxygen atoms in total. The molecule has 0 aromatic heterocycles. The van der Waals surface area contributed by atoms with Crippen molar-refractivity contribution in [3.05, 3.63) is 34.9 Å². The van der Waals surface area contributed by atoms with Gasteiger partial charge in [-0.05, 0) is 60.6 Å². The average Bonchev–Trinajstić information content (AvgIpc) is 2.47. The molecule has 0 aliphatic heterocycles. The van der Waals surface area contributed by atoms with Gasteiger partial charge in [0.2, 0.25) is 0 Å². The van der Waals surface area contributed by atoms with E-state index in [9.17, 15) is 4.79 Å². The molecule has 1 heteroatoms. The van der Waals surface area contributed by atoms with Crippen LogP contribution in [0.25, 0.3) is 0 Å². The number of carbonyl (C=O) groups is 1. The van der Waals surface area contributed by atoms with Crippen molar-refractivity contribution in [3.63, 3.8) is 0 Å². The number of aryl methyl sites for hydroxylation is 1. The van der Waals surface area contributed by atoms with Gasteiger partial charge >= 0.3 is 0 Å². The predicted octanol–water partition coefficient (Wildman–Crippen LogP) is 4.43. The summed E-state index contributed by atoms with van der Waals surface area (Å²) in [5.74, 6) is 2.14. The lowest BCUT2D eigenvalue weighted by Gasteiger charge is -2.29. The van der Waals surface area contributed by atoms with Gasteiger partial charge in [-0.2, -0.15) is 0 Å². The number of Topliss-reactive ketones (excluding diaryl/α,β-unsaturated/α-hetero) is 1. The molecule has 0 amide bonds. The predicted molar refractivity (Wildman–Crippen MR) is 78.5 cm³/mol. The van der Waals surface area contributed by atoms with Crippen LogP contribution >= 0.6 is 0 Å². The zero-order chi connectivity index (χ0) is 13.2. The van der Waals surface area contributed by atoms with E-state index in [-0.39, 0.29) is 0 Å². The molecule has 19 heavy (non-hydrogen) atoms. The minimum absolute atomic E-state index is 0.406. The second-order valence-corrected chi connectivity index (χ2v) is 6.37. The standard InChI is InChI=1S/C18H24O/c1-2-13-3-5-14(6-4-13)15-7-8-17-12-18(19)10-9-16(17)11-15/h7-8,11,13-14H,2-6,9-10,12H2,1H3. The van der Waals surface area contributed by atoms with Crippen LogP contribution in [0.1, 0.15) is 68.1 Å². The summed E-state index contributed by atoms with van der Waals surface area (Å²) in [5.41, 5.74) is 4.25. The van der Waals surface area contributed by atoms with Crippen molar-refractivity contribution in [1.29, 1.82) is 0 Å². The zero-order valence-corrected chi connectivity index (χ0v) is 12.0. The Hall–Kier alpha value is -1.11. The topological polar surface area (TPSA) is 17.1 Å². The number of hydrogen-bond donors (Lipinski definition) is 0. The molecule has 102 valence electrons. The SMILES string of the molecule is CCC1CCC(c2ccc3c(c2)CCC(=O)C3)CC1. The second-order valence-electron chi connectivity index (χ2n) is 6.37. The smallest absolute Gasteiger partial charge is 0.137 e. The molecular formula is C18H24O. The number of rotatable bonds is 2. The van der Waals surface area contributed by atoms with Gasteiger partial charge in [0.05, 0.1) is 0 Å². The van der Waals surface area contributed by atoms with Gasteiger partial charge in [0.25, 0.3) is 0 Å². The highest BCUT2D eigenvalue weighted by Crippen LogP contribution is 2.37. The molecule has 1 fully saturated rings. The summed E-state index contributed by atoms with van der Waals surface area (Å²) in [6, 6.07) is 6.90. The van der Waals surface area contributed by atoms with Crippen molar-refractivity contribution < 1.29 is 4.79 Å². The summed E-state index contributed by atoms with van der Waals surface area (Å²) in [6.45, 7) is 2.32. The van der Waals surface area contributed by atoms with E-state index in [1.54, 1.807) is 0 Å². The fourth-order valence-electron chi connectivity index (χ4n) is 3.78. The van der Waals surface area contributed by atoms with Crippen molar-refractivity contribution >= 4 is 5.78 Å². The fourth-order valence-corrected chi connectivity index (χ4v) is 3.78. The van der Waals surface area contributed by atoms with Crippen LogP contribution in [0.2, 0.25) is 0 Å². The second kappa shape index (κ2) is 5.48.